The summed E-state index contributed by atoms with van der Waals surface area (Å²) >= 11 is 0. The van der Waals surface area contributed by atoms with Gasteiger partial charge in [0, 0.05) is 12.7 Å². The van der Waals surface area contributed by atoms with Gasteiger partial charge in [0.05, 0.1) is 6.04 Å². The molecule has 3 rings (SSSR count). The average molecular weight is 281 g/mol. The molecule has 0 spiro atoms. The molecule has 1 amide bonds. The van der Waals surface area contributed by atoms with Crippen LogP contribution in [0.25, 0.3) is 0 Å². The van der Waals surface area contributed by atoms with E-state index in [2.05, 4.69) is 18.2 Å². The van der Waals surface area contributed by atoms with Crippen LogP contribution in [0.5, 0.6) is 0 Å². The van der Waals surface area contributed by atoms with E-state index in [1.807, 2.05) is 48.3 Å². The molecule has 1 heterocycles. The Labute approximate surface area is 124 Å². The number of likely N-dealkylation sites (N-methyl/N-ethyl adjacent to an activating group) is 2. The molecule has 1 aliphatic heterocycles. The normalized spacial score (nSPS) is 22.8. The third-order valence-corrected chi connectivity index (χ3v) is 4.14. The van der Waals surface area contributed by atoms with Crippen LogP contribution in [0.15, 0.2) is 54.6 Å². The quantitative estimate of drug-likeness (QED) is 0.869. The van der Waals surface area contributed by atoms with E-state index < -0.39 is 6.17 Å². The van der Waals surface area contributed by atoms with Gasteiger partial charge in [-0.25, -0.2) is 0 Å². The van der Waals surface area contributed by atoms with E-state index in [0.717, 1.165) is 16.8 Å². The molecule has 2 aromatic rings. The lowest BCUT2D eigenvalue weighted by atomic mass is 9.96. The molecule has 0 radical (unpaired) electrons. The number of amides is 1. The predicted octanol–water partition coefficient (Wildman–Crippen LogP) is 1.97. The van der Waals surface area contributed by atoms with Gasteiger partial charge < -0.3 is 10.6 Å². The Morgan fingerprint density at radius 1 is 0.952 bits per heavy atom. The maximum absolute atomic E-state index is 12.5. The van der Waals surface area contributed by atoms with Crippen molar-refractivity contribution in [2.24, 2.45) is 5.73 Å². The van der Waals surface area contributed by atoms with Gasteiger partial charge in [0.2, 0.25) is 0 Å². The molecular weight excluding hydrogens is 262 g/mol. The molecule has 2 atom stereocenters. The number of nitrogens with two attached hydrogens (primary N) is 1. The van der Waals surface area contributed by atoms with Crippen LogP contribution in [0.4, 0.5) is 5.69 Å². The summed E-state index contributed by atoms with van der Waals surface area (Å²) in [4.78, 5) is 16.0. The standard InChI is InChI=1S/C17H19N3O/c1-19-14-11-7-6-10-13(14)15(12-8-4-3-5-9-12)20(2)16(18)17(19)21/h3-11,15-16H,18H2,1-2H3/t15?,16-/m1/s1. The van der Waals surface area contributed by atoms with Crippen molar-refractivity contribution in [1.82, 2.24) is 4.90 Å². The zero-order valence-corrected chi connectivity index (χ0v) is 12.2. The van der Waals surface area contributed by atoms with Gasteiger partial charge in [-0.05, 0) is 24.2 Å². The van der Waals surface area contributed by atoms with Gasteiger partial charge in [-0.2, -0.15) is 0 Å². The number of fused-ring (bicyclic) bond motifs is 1. The number of hydrogen-bond acceptors (Lipinski definition) is 3. The fourth-order valence-electron chi connectivity index (χ4n) is 2.95. The minimum absolute atomic E-state index is 0.0358. The Bertz CT molecular complexity index is 656. The monoisotopic (exact) mass is 281 g/mol. The Morgan fingerprint density at radius 3 is 2.29 bits per heavy atom. The molecule has 4 nitrogen and oxygen atoms in total. The van der Waals surface area contributed by atoms with Crippen molar-refractivity contribution in [2.45, 2.75) is 12.2 Å². The first-order valence-corrected chi connectivity index (χ1v) is 7.00. The predicted molar refractivity (Wildman–Crippen MR) is 83.9 cm³/mol. The first-order valence-electron chi connectivity index (χ1n) is 7.00. The van der Waals surface area contributed by atoms with Gasteiger partial charge in [0.1, 0.15) is 6.17 Å². The van der Waals surface area contributed by atoms with Crippen molar-refractivity contribution in [3.8, 4) is 0 Å². The SMILES string of the molecule is CN1C(=O)[C@H](N)N(C)C(c2ccccc2)c2ccccc21. The molecule has 0 bridgehead atoms. The van der Waals surface area contributed by atoms with Gasteiger partial charge >= 0.3 is 0 Å². The summed E-state index contributed by atoms with van der Waals surface area (Å²) in [6.45, 7) is 0. The van der Waals surface area contributed by atoms with Crippen LogP contribution in [0.2, 0.25) is 0 Å². The zero-order chi connectivity index (χ0) is 15.0. The van der Waals surface area contributed by atoms with Crippen LogP contribution in [0.3, 0.4) is 0 Å². The molecule has 0 aromatic heterocycles. The summed E-state index contributed by atoms with van der Waals surface area (Å²) in [6.07, 6.45) is -0.660. The lowest BCUT2D eigenvalue weighted by Gasteiger charge is -2.30. The van der Waals surface area contributed by atoms with Crippen LogP contribution in [0, 0.1) is 0 Å². The molecule has 0 saturated carbocycles. The van der Waals surface area contributed by atoms with Gasteiger partial charge in [0.25, 0.3) is 5.91 Å². The van der Waals surface area contributed by atoms with Gasteiger partial charge in [-0.3, -0.25) is 9.69 Å². The molecule has 1 aliphatic rings. The fraction of sp³-hybridized carbons (Fsp3) is 0.235. The highest BCUT2D eigenvalue weighted by Crippen LogP contribution is 2.37. The zero-order valence-electron chi connectivity index (χ0n) is 12.2. The second-order valence-corrected chi connectivity index (χ2v) is 5.38. The van der Waals surface area contributed by atoms with E-state index in [9.17, 15) is 4.79 Å². The van der Waals surface area contributed by atoms with E-state index in [4.69, 9.17) is 5.73 Å². The second kappa shape index (κ2) is 5.31. The topological polar surface area (TPSA) is 49.6 Å². The van der Waals surface area contributed by atoms with E-state index in [1.54, 1.807) is 11.9 Å². The maximum Gasteiger partial charge on any atom is 0.258 e. The van der Waals surface area contributed by atoms with E-state index >= 15 is 0 Å². The van der Waals surface area contributed by atoms with Crippen molar-refractivity contribution in [3.63, 3.8) is 0 Å². The molecule has 2 aromatic carbocycles. The van der Waals surface area contributed by atoms with Crippen molar-refractivity contribution in [3.05, 3.63) is 65.7 Å². The maximum atomic E-state index is 12.5. The summed E-state index contributed by atoms with van der Waals surface area (Å²) in [7, 11) is 3.68. The van der Waals surface area contributed by atoms with Crippen molar-refractivity contribution in [1.29, 1.82) is 0 Å². The Balaban J connectivity index is 2.22. The van der Waals surface area contributed by atoms with E-state index in [1.165, 1.54) is 0 Å². The lowest BCUT2D eigenvalue weighted by Crippen LogP contribution is -2.50. The first-order chi connectivity index (χ1) is 10.1. The van der Waals surface area contributed by atoms with Gasteiger partial charge in [0.15, 0.2) is 0 Å². The number of benzene rings is 2. The summed E-state index contributed by atoms with van der Waals surface area (Å²) in [5.74, 6) is -0.0941. The molecule has 108 valence electrons. The molecule has 0 aliphatic carbocycles. The van der Waals surface area contributed by atoms with Crippen LogP contribution in [-0.4, -0.2) is 31.1 Å². The molecule has 0 saturated heterocycles. The summed E-state index contributed by atoms with van der Waals surface area (Å²) in [6, 6.07) is 18.1. The molecule has 4 heteroatoms. The average Bonchev–Trinajstić information content (AvgIpc) is 2.60. The minimum atomic E-state index is -0.660. The number of carbonyl (C=O) groups is 1. The molecule has 0 fully saturated rings. The van der Waals surface area contributed by atoms with Crippen molar-refractivity contribution >= 4 is 11.6 Å². The van der Waals surface area contributed by atoms with E-state index in [-0.39, 0.29) is 11.9 Å². The lowest BCUT2D eigenvalue weighted by molar-refractivity contribution is -0.123. The molecule has 2 N–H and O–H groups in total. The Hall–Kier alpha value is -2.17. The highest BCUT2D eigenvalue weighted by atomic mass is 16.2. The number of para-hydroxylation sites is 1. The van der Waals surface area contributed by atoms with Crippen LogP contribution < -0.4 is 10.6 Å². The smallest absolute Gasteiger partial charge is 0.258 e. The van der Waals surface area contributed by atoms with Crippen LogP contribution in [-0.2, 0) is 4.79 Å². The second-order valence-electron chi connectivity index (χ2n) is 5.38. The Kier molecular flexibility index (Phi) is 3.49. The number of hydrogen-bond donors (Lipinski definition) is 1. The first kappa shape index (κ1) is 13.8. The van der Waals surface area contributed by atoms with E-state index in [0.29, 0.717) is 0 Å². The molecule has 1 unspecified atom stereocenters. The van der Waals surface area contributed by atoms with Crippen molar-refractivity contribution in [2.75, 3.05) is 19.0 Å². The summed E-state index contributed by atoms with van der Waals surface area (Å²) < 4.78 is 0. The largest absolute Gasteiger partial charge is 0.313 e. The third-order valence-electron chi connectivity index (χ3n) is 4.14. The van der Waals surface area contributed by atoms with Crippen LogP contribution in [0.1, 0.15) is 17.2 Å². The number of carbonyl (C=O) groups excluding carboxylic acids is 1. The highest BCUT2D eigenvalue weighted by Gasteiger charge is 2.35. The summed E-state index contributed by atoms with van der Waals surface area (Å²) in [5, 5.41) is 0. The number of anilines is 1. The third kappa shape index (κ3) is 2.22. The van der Waals surface area contributed by atoms with Crippen LogP contribution >= 0.6 is 0 Å². The van der Waals surface area contributed by atoms with Gasteiger partial charge in [-0.15, -0.1) is 0 Å². The van der Waals surface area contributed by atoms with Crippen molar-refractivity contribution < 1.29 is 4.79 Å². The van der Waals surface area contributed by atoms with Gasteiger partial charge in [-0.1, -0.05) is 48.5 Å². The fourth-order valence-corrected chi connectivity index (χ4v) is 2.95. The number of rotatable bonds is 1. The Morgan fingerprint density at radius 2 is 1.57 bits per heavy atom. The highest BCUT2D eigenvalue weighted by molar-refractivity contribution is 5.98. The molecular formula is C17H19N3O. The summed E-state index contributed by atoms with van der Waals surface area (Å²) in [5.41, 5.74) is 9.29. The number of nitrogens with zero attached hydrogens (tertiary/aromatic N) is 2. The molecule has 21 heavy (non-hydrogen) atoms. The minimum Gasteiger partial charge on any atom is -0.313 e.